The fraction of sp³-hybridized carbons (Fsp3) is 0.438. The zero-order chi connectivity index (χ0) is 13.8. The van der Waals surface area contributed by atoms with Gasteiger partial charge in [0.2, 0.25) is 0 Å². The summed E-state index contributed by atoms with van der Waals surface area (Å²) in [5, 5.41) is 5.91. The monoisotopic (exact) mass is 350 g/mol. The fourth-order valence-corrected chi connectivity index (χ4v) is 4.11. The molecule has 1 N–H and O–H groups in total. The van der Waals surface area contributed by atoms with Gasteiger partial charge in [0, 0.05) is 28.1 Å². The van der Waals surface area contributed by atoms with E-state index >= 15 is 0 Å². The zero-order valence-corrected chi connectivity index (χ0v) is 13.8. The highest BCUT2D eigenvalue weighted by molar-refractivity contribution is 9.10. The maximum atomic E-state index is 4.45. The van der Waals surface area contributed by atoms with E-state index in [2.05, 4.69) is 55.9 Å². The summed E-state index contributed by atoms with van der Waals surface area (Å²) in [6, 6.07) is 9.04. The van der Waals surface area contributed by atoms with Crippen molar-refractivity contribution in [3.05, 3.63) is 50.9 Å². The first kappa shape index (κ1) is 14.2. The summed E-state index contributed by atoms with van der Waals surface area (Å²) in [5.41, 5.74) is 1.10. The second kappa shape index (κ2) is 6.83. The number of nitrogens with one attached hydrogen (secondary N) is 1. The minimum absolute atomic E-state index is 0.489. The first-order valence-electron chi connectivity index (χ1n) is 7.20. The first-order chi connectivity index (χ1) is 9.83. The topological polar surface area (TPSA) is 24.9 Å². The minimum Gasteiger partial charge on any atom is -0.303 e. The van der Waals surface area contributed by atoms with Gasteiger partial charge in [-0.2, -0.15) is 0 Å². The average Bonchev–Trinajstić information content (AvgIpc) is 3.14. The Balaban J connectivity index is 1.68. The van der Waals surface area contributed by atoms with Crippen molar-refractivity contribution in [2.45, 2.75) is 38.3 Å². The number of hydrogen-bond acceptors (Lipinski definition) is 3. The van der Waals surface area contributed by atoms with Gasteiger partial charge < -0.3 is 5.32 Å². The van der Waals surface area contributed by atoms with E-state index in [-0.39, 0.29) is 0 Å². The second-order valence-corrected chi connectivity index (χ2v) is 7.28. The van der Waals surface area contributed by atoms with Crippen molar-refractivity contribution in [2.75, 3.05) is 0 Å². The molecule has 1 atom stereocenters. The van der Waals surface area contributed by atoms with Crippen LogP contribution in [0.3, 0.4) is 0 Å². The van der Waals surface area contributed by atoms with Gasteiger partial charge in [0.1, 0.15) is 0 Å². The summed E-state index contributed by atoms with van der Waals surface area (Å²) in [4.78, 5) is 5.92. The van der Waals surface area contributed by atoms with E-state index < -0.39 is 0 Å². The standard InChI is InChI=1S/C16H19BrN2S/c17-13-7-8-14(18-10-13)11-19-16(12-4-1-2-5-12)15-6-3-9-20-15/h3,6-10,12,16,19H,1-2,4-5,11H2. The lowest BCUT2D eigenvalue weighted by Crippen LogP contribution is -2.26. The Kier molecular flexibility index (Phi) is 4.86. The number of aromatic nitrogens is 1. The van der Waals surface area contributed by atoms with E-state index in [1.54, 1.807) is 0 Å². The summed E-state index contributed by atoms with van der Waals surface area (Å²) >= 11 is 5.29. The second-order valence-electron chi connectivity index (χ2n) is 5.39. The summed E-state index contributed by atoms with van der Waals surface area (Å²) < 4.78 is 1.03. The van der Waals surface area contributed by atoms with Crippen LogP contribution < -0.4 is 5.32 Å². The van der Waals surface area contributed by atoms with E-state index in [0.29, 0.717) is 6.04 Å². The minimum atomic E-state index is 0.489. The molecule has 0 spiro atoms. The quantitative estimate of drug-likeness (QED) is 0.826. The highest BCUT2D eigenvalue weighted by Crippen LogP contribution is 2.37. The van der Waals surface area contributed by atoms with Gasteiger partial charge in [0.25, 0.3) is 0 Å². The molecule has 1 unspecified atom stereocenters. The molecule has 1 aliphatic carbocycles. The van der Waals surface area contributed by atoms with Gasteiger partial charge in [-0.25, -0.2) is 0 Å². The summed E-state index contributed by atoms with van der Waals surface area (Å²) in [5.74, 6) is 0.782. The molecule has 0 amide bonds. The van der Waals surface area contributed by atoms with Crippen LogP contribution >= 0.6 is 27.3 Å². The molecule has 1 aliphatic rings. The molecule has 3 rings (SSSR count). The number of halogens is 1. The number of rotatable bonds is 5. The Hall–Kier alpha value is -0.710. The zero-order valence-electron chi connectivity index (χ0n) is 11.4. The Labute approximate surface area is 132 Å². The van der Waals surface area contributed by atoms with Crippen LogP contribution in [0.1, 0.15) is 42.3 Å². The van der Waals surface area contributed by atoms with Crippen molar-refractivity contribution in [1.82, 2.24) is 10.3 Å². The van der Waals surface area contributed by atoms with Crippen LogP contribution in [0.25, 0.3) is 0 Å². The van der Waals surface area contributed by atoms with Crippen molar-refractivity contribution in [2.24, 2.45) is 5.92 Å². The normalized spacial score (nSPS) is 17.4. The molecule has 2 aromatic rings. The Morgan fingerprint density at radius 2 is 2.15 bits per heavy atom. The van der Waals surface area contributed by atoms with Crippen LogP contribution in [0.15, 0.2) is 40.3 Å². The van der Waals surface area contributed by atoms with Gasteiger partial charge in [0.15, 0.2) is 0 Å². The SMILES string of the molecule is Brc1ccc(CNC(c2cccs2)C2CCCC2)nc1. The van der Waals surface area contributed by atoms with Crippen molar-refractivity contribution in [3.63, 3.8) is 0 Å². The molecule has 0 radical (unpaired) electrons. The number of hydrogen-bond donors (Lipinski definition) is 1. The predicted octanol–water partition coefficient (Wildman–Crippen LogP) is 4.93. The van der Waals surface area contributed by atoms with E-state index in [0.717, 1.165) is 22.6 Å². The maximum absolute atomic E-state index is 4.45. The third-order valence-electron chi connectivity index (χ3n) is 4.01. The molecule has 1 saturated carbocycles. The Bertz CT molecular complexity index is 518. The largest absolute Gasteiger partial charge is 0.303 e. The van der Waals surface area contributed by atoms with Crippen molar-refractivity contribution in [1.29, 1.82) is 0 Å². The molecule has 2 heterocycles. The molecule has 106 valence electrons. The third-order valence-corrected chi connectivity index (χ3v) is 5.44. The lowest BCUT2D eigenvalue weighted by atomic mass is 9.96. The van der Waals surface area contributed by atoms with E-state index in [1.165, 1.54) is 30.6 Å². The van der Waals surface area contributed by atoms with Crippen LogP contribution in [0, 0.1) is 5.92 Å². The maximum Gasteiger partial charge on any atom is 0.0542 e. The highest BCUT2D eigenvalue weighted by Gasteiger charge is 2.26. The van der Waals surface area contributed by atoms with Crippen LogP contribution in [-0.4, -0.2) is 4.98 Å². The van der Waals surface area contributed by atoms with Crippen molar-refractivity contribution in [3.8, 4) is 0 Å². The summed E-state index contributed by atoms with van der Waals surface area (Å²) in [6.45, 7) is 0.840. The molecule has 20 heavy (non-hydrogen) atoms. The molecule has 0 aliphatic heterocycles. The predicted molar refractivity (Wildman–Crippen MR) is 87.8 cm³/mol. The van der Waals surface area contributed by atoms with Crippen LogP contribution in [0.4, 0.5) is 0 Å². The number of thiophene rings is 1. The van der Waals surface area contributed by atoms with Gasteiger partial charge in [-0.1, -0.05) is 18.9 Å². The summed E-state index contributed by atoms with van der Waals surface area (Å²) in [7, 11) is 0. The van der Waals surface area contributed by atoms with Crippen molar-refractivity contribution < 1.29 is 0 Å². The molecule has 4 heteroatoms. The van der Waals surface area contributed by atoms with Crippen LogP contribution in [0.5, 0.6) is 0 Å². The molecule has 0 bridgehead atoms. The molecule has 1 fully saturated rings. The van der Waals surface area contributed by atoms with Crippen LogP contribution in [-0.2, 0) is 6.54 Å². The lowest BCUT2D eigenvalue weighted by molar-refractivity contribution is 0.369. The fourth-order valence-electron chi connectivity index (χ4n) is 2.98. The first-order valence-corrected chi connectivity index (χ1v) is 8.87. The van der Waals surface area contributed by atoms with Gasteiger partial charge in [-0.3, -0.25) is 4.98 Å². The van der Waals surface area contributed by atoms with E-state index in [1.807, 2.05) is 17.5 Å². The smallest absolute Gasteiger partial charge is 0.0542 e. The third kappa shape index (κ3) is 3.48. The molecule has 2 aromatic heterocycles. The summed E-state index contributed by atoms with van der Waals surface area (Å²) in [6.07, 6.45) is 7.33. The Morgan fingerprint density at radius 1 is 1.30 bits per heavy atom. The molecule has 0 saturated heterocycles. The van der Waals surface area contributed by atoms with Gasteiger partial charge >= 0.3 is 0 Å². The average molecular weight is 351 g/mol. The number of nitrogens with zero attached hydrogens (tertiary/aromatic N) is 1. The number of pyridine rings is 1. The highest BCUT2D eigenvalue weighted by atomic mass is 79.9. The lowest BCUT2D eigenvalue weighted by Gasteiger charge is -2.23. The van der Waals surface area contributed by atoms with Crippen molar-refractivity contribution >= 4 is 27.3 Å². The van der Waals surface area contributed by atoms with E-state index in [4.69, 9.17) is 0 Å². The molecular formula is C16H19BrN2S. The van der Waals surface area contributed by atoms with Crippen LogP contribution in [0.2, 0.25) is 0 Å². The van der Waals surface area contributed by atoms with Gasteiger partial charge in [-0.15, -0.1) is 11.3 Å². The molecule has 0 aromatic carbocycles. The van der Waals surface area contributed by atoms with Gasteiger partial charge in [0.05, 0.1) is 5.69 Å². The molecular weight excluding hydrogens is 332 g/mol. The Morgan fingerprint density at radius 3 is 2.80 bits per heavy atom. The van der Waals surface area contributed by atoms with E-state index in [9.17, 15) is 0 Å². The van der Waals surface area contributed by atoms with Gasteiger partial charge in [-0.05, 0) is 58.3 Å². The molecule has 2 nitrogen and oxygen atoms in total.